The number of hydrogen-bond acceptors (Lipinski definition) is 4. The van der Waals surface area contributed by atoms with Crippen LogP contribution in [0.1, 0.15) is 30.0 Å². The zero-order valence-corrected chi connectivity index (χ0v) is 17.3. The zero-order chi connectivity index (χ0) is 21.3. The lowest BCUT2D eigenvalue weighted by Crippen LogP contribution is -2.38. The molecule has 6 nitrogen and oxygen atoms in total. The van der Waals surface area contributed by atoms with Gasteiger partial charge in [0.2, 0.25) is 10.0 Å². The van der Waals surface area contributed by atoms with E-state index in [1.807, 2.05) is 13.8 Å². The Morgan fingerprint density at radius 3 is 2.62 bits per heavy atom. The van der Waals surface area contributed by atoms with Gasteiger partial charge in [-0.05, 0) is 55.7 Å². The van der Waals surface area contributed by atoms with Crippen molar-refractivity contribution >= 4 is 26.6 Å². The van der Waals surface area contributed by atoms with Crippen molar-refractivity contribution in [3.05, 3.63) is 59.0 Å². The van der Waals surface area contributed by atoms with Gasteiger partial charge >= 0.3 is 0 Å². The van der Waals surface area contributed by atoms with Gasteiger partial charge in [0.15, 0.2) is 0 Å². The molecule has 0 spiro atoms. The Morgan fingerprint density at radius 2 is 2.00 bits per heavy atom. The van der Waals surface area contributed by atoms with Gasteiger partial charge in [-0.2, -0.15) is 5.26 Å². The monoisotopic (exact) mass is 414 g/mol. The molecule has 1 atom stereocenters. The Balaban J connectivity index is 1.94. The van der Waals surface area contributed by atoms with Crippen molar-refractivity contribution in [2.24, 2.45) is 0 Å². The highest BCUT2D eigenvalue weighted by Crippen LogP contribution is 2.26. The number of nitrogens with two attached hydrogens (primary N) is 1. The molecule has 0 aliphatic rings. The number of aromatic nitrogens is 1. The average Bonchev–Trinajstić information content (AvgIpc) is 2.96. The molecule has 3 rings (SSSR count). The van der Waals surface area contributed by atoms with Crippen molar-refractivity contribution in [2.45, 2.75) is 44.7 Å². The SMILES string of the molecule is CCC(Cn1cc(C#N)c2cc(F)ccc21)NS(=O)(=O)c1c(C)cc(C)cc1N. The molecule has 3 aromatic rings. The molecule has 1 heterocycles. The van der Waals surface area contributed by atoms with E-state index in [-0.39, 0.29) is 10.6 Å². The number of nitrogens with zero attached hydrogens (tertiary/aromatic N) is 2. The van der Waals surface area contributed by atoms with Crippen LogP contribution in [0.15, 0.2) is 41.4 Å². The van der Waals surface area contributed by atoms with E-state index >= 15 is 0 Å². The second-order valence-corrected chi connectivity index (χ2v) is 8.85. The first-order valence-electron chi connectivity index (χ1n) is 9.23. The molecule has 0 radical (unpaired) electrons. The highest BCUT2D eigenvalue weighted by molar-refractivity contribution is 7.89. The second-order valence-electron chi connectivity index (χ2n) is 7.20. The van der Waals surface area contributed by atoms with Crippen molar-refractivity contribution in [1.29, 1.82) is 5.26 Å². The number of anilines is 1. The summed E-state index contributed by atoms with van der Waals surface area (Å²) < 4.78 is 44.1. The lowest BCUT2D eigenvalue weighted by atomic mass is 10.1. The molecule has 0 fully saturated rings. The third kappa shape index (κ3) is 4.11. The van der Waals surface area contributed by atoms with Crippen LogP contribution in [0.4, 0.5) is 10.1 Å². The topological polar surface area (TPSA) is 101 Å². The summed E-state index contributed by atoms with van der Waals surface area (Å²) in [5.41, 5.74) is 8.69. The van der Waals surface area contributed by atoms with E-state index in [9.17, 15) is 18.1 Å². The van der Waals surface area contributed by atoms with Crippen LogP contribution in [0.3, 0.4) is 0 Å². The molecule has 0 aliphatic heterocycles. The lowest BCUT2D eigenvalue weighted by molar-refractivity contribution is 0.491. The number of sulfonamides is 1. The predicted molar refractivity (Wildman–Crippen MR) is 111 cm³/mol. The highest BCUT2D eigenvalue weighted by atomic mass is 32.2. The minimum absolute atomic E-state index is 0.0821. The molecule has 1 aromatic heterocycles. The molecule has 8 heteroatoms. The third-order valence-electron chi connectivity index (χ3n) is 4.91. The van der Waals surface area contributed by atoms with Gasteiger partial charge in [0.05, 0.1) is 11.3 Å². The van der Waals surface area contributed by atoms with Crippen molar-refractivity contribution in [2.75, 3.05) is 5.73 Å². The fraction of sp³-hybridized carbons (Fsp3) is 0.286. The molecular weight excluding hydrogens is 391 g/mol. The van der Waals surface area contributed by atoms with Gasteiger partial charge in [-0.1, -0.05) is 13.0 Å². The summed E-state index contributed by atoms with van der Waals surface area (Å²) in [6, 6.07) is 9.26. The molecule has 0 bridgehead atoms. The Morgan fingerprint density at radius 1 is 1.28 bits per heavy atom. The van der Waals surface area contributed by atoms with Crippen LogP contribution >= 0.6 is 0 Å². The van der Waals surface area contributed by atoms with E-state index in [4.69, 9.17) is 5.73 Å². The summed E-state index contributed by atoms with van der Waals surface area (Å²) in [7, 11) is -3.84. The number of nitrogen functional groups attached to an aromatic ring is 1. The molecule has 152 valence electrons. The molecule has 0 saturated carbocycles. The first kappa shape index (κ1) is 20.8. The van der Waals surface area contributed by atoms with Gasteiger partial charge in [-0.15, -0.1) is 0 Å². The fourth-order valence-electron chi connectivity index (χ4n) is 3.63. The summed E-state index contributed by atoms with van der Waals surface area (Å²) in [5, 5.41) is 9.84. The predicted octanol–water partition coefficient (Wildman–Crippen LogP) is 3.61. The van der Waals surface area contributed by atoms with Crippen LogP contribution < -0.4 is 10.5 Å². The molecular formula is C21H23FN4O2S. The second kappa shape index (κ2) is 7.85. The minimum Gasteiger partial charge on any atom is -0.398 e. The maximum Gasteiger partial charge on any atom is 0.243 e. The highest BCUT2D eigenvalue weighted by Gasteiger charge is 2.24. The van der Waals surface area contributed by atoms with Gasteiger partial charge in [0.1, 0.15) is 16.8 Å². The van der Waals surface area contributed by atoms with Crippen molar-refractivity contribution in [1.82, 2.24) is 9.29 Å². The van der Waals surface area contributed by atoms with Crippen LogP contribution in [0.2, 0.25) is 0 Å². The summed E-state index contributed by atoms with van der Waals surface area (Å²) >= 11 is 0. The number of fused-ring (bicyclic) bond motifs is 1. The smallest absolute Gasteiger partial charge is 0.243 e. The van der Waals surface area contributed by atoms with Gasteiger partial charge in [0, 0.05) is 29.7 Å². The van der Waals surface area contributed by atoms with E-state index < -0.39 is 21.9 Å². The maximum atomic E-state index is 13.6. The lowest BCUT2D eigenvalue weighted by Gasteiger charge is -2.20. The van der Waals surface area contributed by atoms with Gasteiger partial charge in [-0.25, -0.2) is 17.5 Å². The van der Waals surface area contributed by atoms with E-state index in [0.29, 0.717) is 35.0 Å². The van der Waals surface area contributed by atoms with E-state index in [1.54, 1.807) is 35.9 Å². The number of nitriles is 1. The Kier molecular flexibility index (Phi) is 5.64. The van der Waals surface area contributed by atoms with Crippen LogP contribution in [0.5, 0.6) is 0 Å². The normalized spacial score (nSPS) is 12.8. The molecule has 3 N–H and O–H groups in total. The molecule has 0 amide bonds. The summed E-state index contributed by atoms with van der Waals surface area (Å²) in [4.78, 5) is 0.0821. The first-order chi connectivity index (χ1) is 13.7. The van der Waals surface area contributed by atoms with Gasteiger partial charge in [0.25, 0.3) is 0 Å². The van der Waals surface area contributed by atoms with Crippen molar-refractivity contribution in [3.8, 4) is 6.07 Å². The fourth-order valence-corrected chi connectivity index (χ4v) is 5.28. The van der Waals surface area contributed by atoms with Crippen LogP contribution in [0, 0.1) is 31.0 Å². The number of benzene rings is 2. The summed E-state index contributed by atoms with van der Waals surface area (Å²) in [6.45, 7) is 5.74. The molecule has 0 saturated heterocycles. The zero-order valence-electron chi connectivity index (χ0n) is 16.5. The number of halogens is 1. The van der Waals surface area contributed by atoms with E-state index in [0.717, 1.165) is 5.56 Å². The molecule has 2 aromatic carbocycles. The molecule has 1 unspecified atom stereocenters. The van der Waals surface area contributed by atoms with Gasteiger partial charge < -0.3 is 10.3 Å². The standard InChI is InChI=1S/C21H23FN4O2S/c1-4-17(25-29(27,28)21-14(3)7-13(2)8-19(21)24)12-26-11-15(10-23)18-9-16(22)5-6-20(18)26/h5-9,11,17,25H,4,12,24H2,1-3H3. The van der Waals surface area contributed by atoms with Crippen LogP contribution in [-0.4, -0.2) is 19.0 Å². The number of rotatable bonds is 6. The first-order valence-corrected chi connectivity index (χ1v) is 10.7. The quantitative estimate of drug-likeness (QED) is 0.602. The Labute approximate surface area is 169 Å². The molecule has 29 heavy (non-hydrogen) atoms. The third-order valence-corrected chi connectivity index (χ3v) is 6.65. The Bertz CT molecular complexity index is 1200. The number of aryl methyl sites for hydroxylation is 2. The van der Waals surface area contributed by atoms with Crippen molar-refractivity contribution in [3.63, 3.8) is 0 Å². The van der Waals surface area contributed by atoms with Crippen LogP contribution in [-0.2, 0) is 16.6 Å². The minimum atomic E-state index is -3.84. The van der Waals surface area contributed by atoms with E-state index in [1.165, 1.54) is 12.1 Å². The number of hydrogen-bond donors (Lipinski definition) is 2. The largest absolute Gasteiger partial charge is 0.398 e. The van der Waals surface area contributed by atoms with E-state index in [2.05, 4.69) is 10.8 Å². The van der Waals surface area contributed by atoms with Gasteiger partial charge in [-0.3, -0.25) is 0 Å². The summed E-state index contributed by atoms with van der Waals surface area (Å²) in [5.74, 6) is -0.426. The summed E-state index contributed by atoms with van der Waals surface area (Å²) in [6.07, 6.45) is 2.14. The maximum absolute atomic E-state index is 13.6. The average molecular weight is 415 g/mol. The Hall–Kier alpha value is -2.89. The van der Waals surface area contributed by atoms with Crippen LogP contribution in [0.25, 0.3) is 10.9 Å². The number of nitrogens with one attached hydrogen (secondary N) is 1. The van der Waals surface area contributed by atoms with Crippen molar-refractivity contribution < 1.29 is 12.8 Å². The molecule has 0 aliphatic carbocycles.